The molecule has 5 N–H and O–H groups in total. The van der Waals surface area contributed by atoms with Gasteiger partial charge in [-0.3, -0.25) is 25.0 Å². The number of nitrogens with zero attached hydrogens (tertiary/aromatic N) is 1. The van der Waals surface area contributed by atoms with Crippen LogP contribution in [0, 0.1) is 16.7 Å². The summed E-state index contributed by atoms with van der Waals surface area (Å²) < 4.78 is 0. The van der Waals surface area contributed by atoms with Crippen LogP contribution in [0.4, 0.5) is 0 Å². The van der Waals surface area contributed by atoms with Gasteiger partial charge in [-0.15, -0.1) is 0 Å². The van der Waals surface area contributed by atoms with Crippen molar-refractivity contribution in [3.8, 4) is 0 Å². The topological polar surface area (TPSA) is 143 Å². The molecule has 0 unspecified atom stereocenters. The molecule has 0 aromatic rings. The molecule has 2 atom stereocenters. The molecule has 1 heterocycles. The van der Waals surface area contributed by atoms with Gasteiger partial charge < -0.3 is 15.3 Å². The van der Waals surface area contributed by atoms with E-state index in [1.165, 1.54) is 6.92 Å². The number of carbonyl (C=O) groups is 3. The summed E-state index contributed by atoms with van der Waals surface area (Å²) in [6.45, 7) is 3.87. The average molecular weight is 423 g/mol. The van der Waals surface area contributed by atoms with Gasteiger partial charge >= 0.3 is 0 Å². The maximum absolute atomic E-state index is 13.4. The Morgan fingerprint density at radius 3 is 2.53 bits per heavy atom. The largest absolute Gasteiger partial charge is 0.512 e. The van der Waals surface area contributed by atoms with Crippen LogP contribution in [0.5, 0.6) is 0 Å². The first-order chi connectivity index (χ1) is 14.2. The molecule has 9 nitrogen and oxygen atoms in total. The van der Waals surface area contributed by atoms with Gasteiger partial charge in [0.15, 0.2) is 0 Å². The number of hydrogen-bond acceptors (Lipinski definition) is 6. The number of rotatable bonds is 8. The van der Waals surface area contributed by atoms with Gasteiger partial charge in [0.1, 0.15) is 11.9 Å². The number of allylic oxidation sites excluding steroid dienone is 1. The molecule has 1 saturated heterocycles. The Balaban J connectivity index is 2.23. The van der Waals surface area contributed by atoms with Crippen LogP contribution in [0.15, 0.2) is 11.8 Å². The Bertz CT molecular complexity index is 696. The van der Waals surface area contributed by atoms with Crippen molar-refractivity contribution in [1.29, 1.82) is 5.41 Å². The Labute approximate surface area is 177 Å². The van der Waals surface area contributed by atoms with E-state index in [0.29, 0.717) is 19.4 Å². The number of hydroxylamine groups is 1. The predicted molar refractivity (Wildman–Crippen MR) is 111 cm³/mol. The summed E-state index contributed by atoms with van der Waals surface area (Å²) in [4.78, 5) is 39.7. The molecule has 1 aliphatic carbocycles. The zero-order valence-corrected chi connectivity index (χ0v) is 17.9. The lowest BCUT2D eigenvalue weighted by molar-refractivity contribution is -0.144. The fourth-order valence-corrected chi connectivity index (χ4v) is 4.74. The summed E-state index contributed by atoms with van der Waals surface area (Å²) in [7, 11) is 0. The molecular weight excluding hydrogens is 388 g/mol. The van der Waals surface area contributed by atoms with Crippen LogP contribution in [0.1, 0.15) is 71.6 Å². The second-order valence-corrected chi connectivity index (χ2v) is 8.66. The average Bonchev–Trinajstić information content (AvgIpc) is 3.30. The van der Waals surface area contributed by atoms with Gasteiger partial charge in [-0.1, -0.05) is 32.6 Å². The molecule has 30 heavy (non-hydrogen) atoms. The molecule has 1 saturated carbocycles. The van der Waals surface area contributed by atoms with Crippen LogP contribution in [0.3, 0.4) is 0 Å². The van der Waals surface area contributed by atoms with Crippen LogP contribution in [0.25, 0.3) is 0 Å². The number of aliphatic hydroxyl groups excluding tert-OH is 1. The van der Waals surface area contributed by atoms with E-state index >= 15 is 0 Å². The number of likely N-dealkylation sites (tertiary alicyclic amines) is 1. The van der Waals surface area contributed by atoms with Gasteiger partial charge in [0.05, 0.1) is 5.76 Å². The molecule has 2 aliphatic rings. The van der Waals surface area contributed by atoms with Crippen molar-refractivity contribution in [2.45, 2.75) is 77.7 Å². The maximum Gasteiger partial charge on any atom is 0.248 e. The van der Waals surface area contributed by atoms with Crippen LogP contribution >= 0.6 is 0 Å². The van der Waals surface area contributed by atoms with Crippen LogP contribution in [-0.4, -0.2) is 51.4 Å². The third-order valence-corrected chi connectivity index (χ3v) is 6.18. The highest BCUT2D eigenvalue weighted by molar-refractivity contribution is 6.05. The highest BCUT2D eigenvalue weighted by Gasteiger charge is 2.50. The first-order valence-electron chi connectivity index (χ1n) is 10.7. The van der Waals surface area contributed by atoms with E-state index < -0.39 is 23.8 Å². The van der Waals surface area contributed by atoms with E-state index in [4.69, 9.17) is 10.6 Å². The second kappa shape index (κ2) is 10.6. The van der Waals surface area contributed by atoms with Gasteiger partial charge in [-0.05, 0) is 38.0 Å². The third-order valence-electron chi connectivity index (χ3n) is 6.18. The van der Waals surface area contributed by atoms with Gasteiger partial charge in [-0.25, -0.2) is 5.48 Å². The molecule has 1 aliphatic heterocycles. The number of hydrogen-bond donors (Lipinski definition) is 5. The summed E-state index contributed by atoms with van der Waals surface area (Å²) >= 11 is 0. The van der Waals surface area contributed by atoms with Gasteiger partial charge in [0, 0.05) is 25.0 Å². The lowest BCUT2D eigenvalue weighted by atomic mass is 9.84. The van der Waals surface area contributed by atoms with Crippen molar-refractivity contribution in [1.82, 2.24) is 15.7 Å². The first kappa shape index (κ1) is 23.9. The number of carbonyl (C=O) groups excluding carboxylic acids is 3. The normalized spacial score (nSPS) is 21.5. The quantitative estimate of drug-likeness (QED) is 0.134. The summed E-state index contributed by atoms with van der Waals surface area (Å²) in [6.07, 6.45) is 7.69. The molecule has 3 amide bonds. The van der Waals surface area contributed by atoms with E-state index in [0.717, 1.165) is 44.6 Å². The van der Waals surface area contributed by atoms with Gasteiger partial charge in [-0.2, -0.15) is 0 Å². The second-order valence-electron chi connectivity index (χ2n) is 8.66. The Kier molecular flexibility index (Phi) is 8.40. The number of nitrogens with one attached hydrogen (secondary N) is 3. The van der Waals surface area contributed by atoms with Crippen molar-refractivity contribution < 1.29 is 24.7 Å². The standard InChI is InChI=1S/C21H34N4O5/c1-3-4-7-15(11-18(27)24-30)20(29)25-13-21(8-5-6-9-21)12-16(25)19(28)23-17(22)10-14(2)26/h10,15-16,26,30H,3-9,11-13H2,1-2H3,(H,24,27)(H2,22,23,28)/b14-10-/t15-,16+/m1/s1. The SMILES string of the molecule is CCCC[C@H](CC(=O)NO)C(=O)N1CC2(CCCC2)C[C@H]1C(=O)NC(=N)/C=C(/C)O. The van der Waals surface area contributed by atoms with Crippen LogP contribution in [-0.2, 0) is 14.4 Å². The molecule has 2 rings (SSSR count). The smallest absolute Gasteiger partial charge is 0.248 e. The summed E-state index contributed by atoms with van der Waals surface area (Å²) in [5, 5.41) is 28.5. The molecule has 2 fully saturated rings. The molecule has 0 aromatic carbocycles. The minimum atomic E-state index is -0.718. The highest BCUT2D eigenvalue weighted by Crippen LogP contribution is 2.48. The van der Waals surface area contributed by atoms with E-state index in [1.807, 2.05) is 6.92 Å². The molecule has 0 radical (unpaired) electrons. The highest BCUT2D eigenvalue weighted by atomic mass is 16.5. The van der Waals surface area contributed by atoms with Gasteiger partial charge in [0.2, 0.25) is 17.7 Å². The lowest BCUT2D eigenvalue weighted by Gasteiger charge is -2.28. The van der Waals surface area contributed by atoms with Crippen molar-refractivity contribution in [3.05, 3.63) is 11.8 Å². The van der Waals surface area contributed by atoms with Gasteiger partial charge in [0.25, 0.3) is 0 Å². The predicted octanol–water partition coefficient (Wildman–Crippen LogP) is 2.40. The van der Waals surface area contributed by atoms with E-state index in [-0.39, 0.29) is 29.3 Å². The Morgan fingerprint density at radius 1 is 1.30 bits per heavy atom. The number of amides is 3. The van der Waals surface area contributed by atoms with E-state index in [2.05, 4.69) is 5.32 Å². The minimum Gasteiger partial charge on any atom is -0.512 e. The number of aliphatic hydroxyl groups is 1. The third kappa shape index (κ3) is 6.04. The summed E-state index contributed by atoms with van der Waals surface area (Å²) in [5.41, 5.74) is 1.50. The van der Waals surface area contributed by atoms with Crippen LogP contribution < -0.4 is 10.8 Å². The maximum atomic E-state index is 13.4. The van der Waals surface area contributed by atoms with Crippen molar-refractivity contribution >= 4 is 23.6 Å². The van der Waals surface area contributed by atoms with Crippen LogP contribution in [0.2, 0.25) is 0 Å². The molecule has 9 heteroatoms. The van der Waals surface area contributed by atoms with Crippen molar-refractivity contribution in [2.24, 2.45) is 11.3 Å². The minimum absolute atomic E-state index is 0.0958. The molecule has 1 spiro atoms. The monoisotopic (exact) mass is 422 g/mol. The first-order valence-corrected chi connectivity index (χ1v) is 10.7. The van der Waals surface area contributed by atoms with E-state index in [1.54, 1.807) is 10.4 Å². The fourth-order valence-electron chi connectivity index (χ4n) is 4.74. The molecular formula is C21H34N4O5. The summed E-state index contributed by atoms with van der Waals surface area (Å²) in [5.74, 6) is -2.26. The van der Waals surface area contributed by atoms with Crippen molar-refractivity contribution in [2.75, 3.05) is 6.54 Å². The fraction of sp³-hybridized carbons (Fsp3) is 0.714. The Morgan fingerprint density at radius 2 is 1.97 bits per heavy atom. The number of amidine groups is 1. The molecule has 0 aromatic heterocycles. The molecule has 168 valence electrons. The van der Waals surface area contributed by atoms with E-state index in [9.17, 15) is 19.5 Å². The number of unbranched alkanes of at least 4 members (excludes halogenated alkanes) is 1. The molecule has 0 bridgehead atoms. The zero-order valence-electron chi connectivity index (χ0n) is 17.9. The Hall–Kier alpha value is -2.42. The van der Waals surface area contributed by atoms with Crippen molar-refractivity contribution in [3.63, 3.8) is 0 Å². The lowest BCUT2D eigenvalue weighted by Crippen LogP contribution is -2.49. The zero-order chi connectivity index (χ0) is 22.3. The summed E-state index contributed by atoms with van der Waals surface area (Å²) in [6, 6.07) is -0.718.